The van der Waals surface area contributed by atoms with Gasteiger partial charge in [-0.1, -0.05) is 42.5 Å². The maximum absolute atomic E-state index is 13.3. The van der Waals surface area contributed by atoms with E-state index in [1.165, 1.54) is 0 Å². The number of aryl methyl sites for hydroxylation is 2. The second-order valence-corrected chi connectivity index (χ2v) is 9.17. The van der Waals surface area contributed by atoms with Crippen LogP contribution in [0.1, 0.15) is 36.8 Å². The molecule has 33 heavy (non-hydrogen) atoms. The molecule has 1 unspecified atom stereocenters. The summed E-state index contributed by atoms with van der Waals surface area (Å²) in [7, 11) is 1.90. The van der Waals surface area contributed by atoms with Crippen LogP contribution in [0.5, 0.6) is 11.6 Å². The number of nitrogens with zero attached hydrogens (tertiary/aromatic N) is 3. The van der Waals surface area contributed by atoms with Crippen LogP contribution >= 0.6 is 0 Å². The van der Waals surface area contributed by atoms with Gasteiger partial charge in [-0.05, 0) is 50.3 Å². The molecule has 2 fully saturated rings. The van der Waals surface area contributed by atoms with Gasteiger partial charge in [-0.25, -0.2) is 4.68 Å². The van der Waals surface area contributed by atoms with Crippen LogP contribution in [0.3, 0.4) is 0 Å². The summed E-state index contributed by atoms with van der Waals surface area (Å²) >= 11 is 0. The minimum absolute atomic E-state index is 0.102. The normalized spacial score (nSPS) is 17.8. The van der Waals surface area contributed by atoms with E-state index < -0.39 is 0 Å². The number of amides is 1. The lowest BCUT2D eigenvalue weighted by Gasteiger charge is -2.26. The fourth-order valence-electron chi connectivity index (χ4n) is 4.49. The third-order valence-electron chi connectivity index (χ3n) is 6.37. The molecule has 2 heterocycles. The van der Waals surface area contributed by atoms with Gasteiger partial charge < -0.3 is 14.4 Å². The molecule has 0 spiro atoms. The molecule has 1 aliphatic carbocycles. The molecule has 1 aromatic heterocycles. The molecule has 6 heteroatoms. The van der Waals surface area contributed by atoms with Crippen LogP contribution in [-0.4, -0.2) is 39.8 Å². The van der Waals surface area contributed by atoms with Crippen LogP contribution in [0.4, 0.5) is 0 Å². The number of carbonyl (C=O) groups is 1. The molecule has 1 aliphatic heterocycles. The Morgan fingerprint density at radius 3 is 2.67 bits per heavy atom. The fourth-order valence-corrected chi connectivity index (χ4v) is 4.49. The molecule has 2 aromatic carbocycles. The van der Waals surface area contributed by atoms with Crippen molar-refractivity contribution in [2.24, 2.45) is 13.0 Å². The van der Waals surface area contributed by atoms with E-state index in [9.17, 15) is 4.79 Å². The molecule has 6 nitrogen and oxygen atoms in total. The van der Waals surface area contributed by atoms with Gasteiger partial charge in [0.25, 0.3) is 0 Å². The van der Waals surface area contributed by atoms with Gasteiger partial charge in [0, 0.05) is 31.7 Å². The van der Waals surface area contributed by atoms with Gasteiger partial charge in [0.2, 0.25) is 11.8 Å². The zero-order valence-electron chi connectivity index (χ0n) is 19.4. The molecule has 0 radical (unpaired) electrons. The zero-order chi connectivity index (χ0) is 22.8. The predicted molar refractivity (Wildman–Crippen MR) is 127 cm³/mol. The van der Waals surface area contributed by atoms with Crippen LogP contribution in [-0.2, 0) is 23.1 Å². The van der Waals surface area contributed by atoms with Crippen LogP contribution in [0.2, 0.25) is 0 Å². The Labute approximate surface area is 195 Å². The van der Waals surface area contributed by atoms with Crippen molar-refractivity contribution in [1.29, 1.82) is 0 Å². The van der Waals surface area contributed by atoms with E-state index in [2.05, 4.69) is 12.1 Å². The van der Waals surface area contributed by atoms with Gasteiger partial charge in [-0.2, -0.15) is 5.10 Å². The molecule has 1 saturated heterocycles. The minimum atomic E-state index is 0.102. The molecule has 0 bridgehead atoms. The first-order chi connectivity index (χ1) is 16.1. The Bertz CT molecular complexity index is 1110. The van der Waals surface area contributed by atoms with Gasteiger partial charge in [0.05, 0.1) is 18.2 Å². The number of benzene rings is 2. The smallest absolute Gasteiger partial charge is 0.226 e. The van der Waals surface area contributed by atoms with Gasteiger partial charge in [-0.3, -0.25) is 4.79 Å². The van der Waals surface area contributed by atoms with Crippen molar-refractivity contribution in [2.75, 3.05) is 13.2 Å². The number of carbonyl (C=O) groups excluding carboxylic acids is 1. The standard InChI is InChI=1S/C27H31N3O3/c1-19-8-6-11-22(16-19)33-27-24(25(28-29(27)2)20-9-4-3-5-10-20)18-30(26(31)21-13-14-21)17-23-12-7-15-32-23/h3-6,8-11,16,21,23H,7,12-15,17-18H2,1-2H3. The lowest BCUT2D eigenvalue weighted by atomic mass is 10.1. The van der Waals surface area contributed by atoms with Crippen LogP contribution in [0.15, 0.2) is 54.6 Å². The Kier molecular flexibility index (Phi) is 6.18. The predicted octanol–water partition coefficient (Wildman–Crippen LogP) is 5.11. The Morgan fingerprint density at radius 1 is 1.15 bits per heavy atom. The molecule has 3 aromatic rings. The second kappa shape index (κ2) is 9.40. The monoisotopic (exact) mass is 445 g/mol. The summed E-state index contributed by atoms with van der Waals surface area (Å²) < 4.78 is 14.0. The van der Waals surface area contributed by atoms with Gasteiger partial charge >= 0.3 is 0 Å². The summed E-state index contributed by atoms with van der Waals surface area (Å²) in [4.78, 5) is 15.2. The molecule has 0 N–H and O–H groups in total. The molecule has 1 amide bonds. The van der Waals surface area contributed by atoms with Crippen molar-refractivity contribution < 1.29 is 14.3 Å². The maximum Gasteiger partial charge on any atom is 0.226 e. The quantitative estimate of drug-likeness (QED) is 0.484. The van der Waals surface area contributed by atoms with Crippen LogP contribution in [0, 0.1) is 12.8 Å². The van der Waals surface area contributed by atoms with Gasteiger partial charge in [0.15, 0.2) is 0 Å². The van der Waals surface area contributed by atoms with E-state index >= 15 is 0 Å². The largest absolute Gasteiger partial charge is 0.439 e. The Balaban J connectivity index is 1.52. The molecular weight excluding hydrogens is 414 g/mol. The zero-order valence-corrected chi connectivity index (χ0v) is 19.4. The lowest BCUT2D eigenvalue weighted by Crippen LogP contribution is -2.38. The summed E-state index contributed by atoms with van der Waals surface area (Å²) in [6, 6.07) is 18.1. The summed E-state index contributed by atoms with van der Waals surface area (Å²) in [5.74, 6) is 1.79. The van der Waals surface area contributed by atoms with Gasteiger partial charge in [0.1, 0.15) is 11.4 Å². The summed E-state index contributed by atoms with van der Waals surface area (Å²) in [5.41, 5.74) is 3.92. The van der Waals surface area contributed by atoms with E-state index in [0.29, 0.717) is 19.0 Å². The van der Waals surface area contributed by atoms with Crippen molar-refractivity contribution in [1.82, 2.24) is 14.7 Å². The SMILES string of the molecule is Cc1cccc(Oc2c(CN(CC3CCCO3)C(=O)C3CC3)c(-c3ccccc3)nn2C)c1. The number of aromatic nitrogens is 2. The van der Waals surface area contributed by atoms with Crippen LogP contribution < -0.4 is 4.74 Å². The first-order valence-electron chi connectivity index (χ1n) is 11.8. The molecule has 1 saturated carbocycles. The van der Waals surface area contributed by atoms with E-state index in [0.717, 1.165) is 60.4 Å². The first-order valence-corrected chi connectivity index (χ1v) is 11.8. The van der Waals surface area contributed by atoms with Crippen molar-refractivity contribution in [2.45, 2.75) is 45.3 Å². The second-order valence-electron chi connectivity index (χ2n) is 9.17. The van der Waals surface area contributed by atoms with Gasteiger partial charge in [-0.15, -0.1) is 0 Å². The summed E-state index contributed by atoms with van der Waals surface area (Å²) in [6.45, 7) is 3.89. The van der Waals surface area contributed by atoms with Crippen LogP contribution in [0.25, 0.3) is 11.3 Å². The highest BCUT2D eigenvalue weighted by Crippen LogP contribution is 2.37. The van der Waals surface area contributed by atoms with E-state index in [-0.39, 0.29) is 17.9 Å². The average Bonchev–Trinajstić information content (AvgIpc) is 3.47. The summed E-state index contributed by atoms with van der Waals surface area (Å²) in [6.07, 6.45) is 4.11. The topological polar surface area (TPSA) is 56.6 Å². The van der Waals surface area contributed by atoms with Crippen molar-refractivity contribution in [3.63, 3.8) is 0 Å². The Morgan fingerprint density at radius 2 is 1.97 bits per heavy atom. The minimum Gasteiger partial charge on any atom is -0.439 e. The Hall–Kier alpha value is -3.12. The third-order valence-corrected chi connectivity index (χ3v) is 6.37. The highest BCUT2D eigenvalue weighted by Gasteiger charge is 2.36. The highest BCUT2D eigenvalue weighted by molar-refractivity contribution is 5.81. The molecule has 1 atom stereocenters. The van der Waals surface area contributed by atoms with E-state index in [4.69, 9.17) is 14.6 Å². The van der Waals surface area contributed by atoms with E-state index in [1.54, 1.807) is 4.68 Å². The highest BCUT2D eigenvalue weighted by atomic mass is 16.5. The number of hydrogen-bond acceptors (Lipinski definition) is 4. The van der Waals surface area contributed by atoms with Crippen molar-refractivity contribution in [3.05, 3.63) is 65.7 Å². The molecule has 2 aliphatic rings. The first kappa shape index (κ1) is 21.7. The molecular formula is C27H31N3O3. The average molecular weight is 446 g/mol. The van der Waals surface area contributed by atoms with Crippen molar-refractivity contribution in [3.8, 4) is 22.9 Å². The number of ether oxygens (including phenoxy) is 2. The number of hydrogen-bond donors (Lipinski definition) is 0. The number of rotatable bonds is 8. The lowest BCUT2D eigenvalue weighted by molar-refractivity contribution is -0.134. The fraction of sp³-hybridized carbons (Fsp3) is 0.407. The van der Waals surface area contributed by atoms with Crippen molar-refractivity contribution >= 4 is 5.91 Å². The maximum atomic E-state index is 13.3. The third kappa shape index (κ3) is 4.96. The van der Waals surface area contributed by atoms with E-state index in [1.807, 2.05) is 61.3 Å². The molecule has 5 rings (SSSR count). The molecule has 172 valence electrons. The summed E-state index contributed by atoms with van der Waals surface area (Å²) in [5, 5.41) is 4.83.